The predicted octanol–water partition coefficient (Wildman–Crippen LogP) is 3.80. The van der Waals surface area contributed by atoms with Gasteiger partial charge in [0.1, 0.15) is 5.75 Å². The van der Waals surface area contributed by atoms with Crippen molar-refractivity contribution >= 4 is 22.9 Å². The quantitative estimate of drug-likeness (QED) is 0.652. The normalized spacial score (nSPS) is 16.1. The van der Waals surface area contributed by atoms with Gasteiger partial charge in [0.15, 0.2) is 0 Å². The Morgan fingerprint density at radius 1 is 1.35 bits per heavy atom. The Hall–Kier alpha value is -1.07. The first kappa shape index (κ1) is 13.9. The Bertz CT molecular complexity index is 592. The van der Waals surface area contributed by atoms with E-state index in [9.17, 15) is 0 Å². The highest BCUT2D eigenvalue weighted by molar-refractivity contribution is 7.10. The molecule has 2 aromatic rings. The lowest BCUT2D eigenvalue weighted by atomic mass is 10.1. The summed E-state index contributed by atoms with van der Waals surface area (Å²) in [5.74, 6) is 6.63. The standard InChI is InChI=1S/C15H17ClN2OS/c1-9-8-20-15(13(9)16)14(18-17)10-2-4-11(5-3-10)19-12-6-7-12/h2-5,8,12,14,18H,6-7,17H2,1H3. The third kappa shape index (κ3) is 2.83. The van der Waals surface area contributed by atoms with Crippen molar-refractivity contribution in [2.24, 2.45) is 5.84 Å². The van der Waals surface area contributed by atoms with Crippen LogP contribution < -0.4 is 16.0 Å². The molecule has 1 saturated carbocycles. The summed E-state index contributed by atoms with van der Waals surface area (Å²) in [5, 5.41) is 2.84. The molecule has 1 fully saturated rings. The molecule has 0 amide bonds. The van der Waals surface area contributed by atoms with Gasteiger partial charge in [-0.1, -0.05) is 23.7 Å². The van der Waals surface area contributed by atoms with Gasteiger partial charge in [0.2, 0.25) is 0 Å². The van der Waals surface area contributed by atoms with Crippen molar-refractivity contribution in [1.29, 1.82) is 0 Å². The molecule has 1 heterocycles. The number of aryl methyl sites for hydroxylation is 1. The van der Waals surface area contributed by atoms with Crippen LogP contribution in [0.4, 0.5) is 0 Å². The summed E-state index contributed by atoms with van der Waals surface area (Å²) in [4.78, 5) is 1.04. The molecule has 3 rings (SSSR count). The van der Waals surface area contributed by atoms with Crippen molar-refractivity contribution in [3.05, 3.63) is 50.7 Å². The lowest BCUT2D eigenvalue weighted by Gasteiger charge is -2.16. The van der Waals surface area contributed by atoms with Crippen LogP contribution in [-0.4, -0.2) is 6.10 Å². The number of hydrogen-bond donors (Lipinski definition) is 2. The number of nitrogens with one attached hydrogen (secondary N) is 1. The molecular formula is C15H17ClN2OS. The molecule has 1 aliphatic carbocycles. The smallest absolute Gasteiger partial charge is 0.119 e. The summed E-state index contributed by atoms with van der Waals surface area (Å²) in [6, 6.07) is 7.97. The van der Waals surface area contributed by atoms with E-state index in [0.29, 0.717) is 6.10 Å². The highest BCUT2D eigenvalue weighted by Crippen LogP contribution is 2.36. The lowest BCUT2D eigenvalue weighted by molar-refractivity contribution is 0.303. The minimum Gasteiger partial charge on any atom is -0.490 e. The van der Waals surface area contributed by atoms with Crippen LogP contribution >= 0.6 is 22.9 Å². The summed E-state index contributed by atoms with van der Waals surface area (Å²) < 4.78 is 5.75. The van der Waals surface area contributed by atoms with Crippen molar-refractivity contribution in [1.82, 2.24) is 5.43 Å². The first-order valence-electron chi connectivity index (χ1n) is 6.65. The summed E-state index contributed by atoms with van der Waals surface area (Å²) >= 11 is 7.95. The molecule has 5 heteroatoms. The molecule has 0 saturated heterocycles. The molecule has 0 radical (unpaired) electrons. The zero-order valence-corrected chi connectivity index (χ0v) is 12.8. The van der Waals surface area contributed by atoms with Gasteiger partial charge < -0.3 is 4.74 Å². The fourth-order valence-electron chi connectivity index (χ4n) is 2.08. The van der Waals surface area contributed by atoms with Gasteiger partial charge in [-0.05, 0) is 48.4 Å². The Morgan fingerprint density at radius 2 is 2.05 bits per heavy atom. The van der Waals surface area contributed by atoms with Gasteiger partial charge in [0.05, 0.1) is 17.2 Å². The largest absolute Gasteiger partial charge is 0.490 e. The van der Waals surface area contributed by atoms with E-state index in [-0.39, 0.29) is 6.04 Å². The molecule has 20 heavy (non-hydrogen) atoms. The monoisotopic (exact) mass is 308 g/mol. The summed E-state index contributed by atoms with van der Waals surface area (Å²) in [7, 11) is 0. The van der Waals surface area contributed by atoms with E-state index in [2.05, 4.69) is 5.43 Å². The van der Waals surface area contributed by atoms with Crippen LogP contribution in [0.3, 0.4) is 0 Å². The first-order valence-corrected chi connectivity index (χ1v) is 7.91. The van der Waals surface area contributed by atoms with E-state index in [4.69, 9.17) is 22.2 Å². The fourth-order valence-corrected chi connectivity index (χ4v) is 3.47. The van der Waals surface area contributed by atoms with Gasteiger partial charge in [0.25, 0.3) is 0 Å². The third-order valence-electron chi connectivity index (χ3n) is 3.39. The number of nitrogens with two attached hydrogens (primary N) is 1. The number of benzene rings is 1. The number of hydrazine groups is 1. The van der Waals surface area contributed by atoms with Crippen molar-refractivity contribution < 1.29 is 4.74 Å². The molecule has 1 aromatic heterocycles. The molecule has 1 aliphatic rings. The van der Waals surface area contributed by atoms with Crippen LogP contribution in [0.1, 0.15) is 34.9 Å². The summed E-state index contributed by atoms with van der Waals surface area (Å²) in [5.41, 5.74) is 5.01. The Labute approximate surface area is 127 Å². The van der Waals surface area contributed by atoms with Gasteiger partial charge in [-0.2, -0.15) is 0 Å². The molecule has 0 spiro atoms. The maximum absolute atomic E-state index is 6.33. The second-order valence-corrected chi connectivity index (χ2v) is 6.37. The molecule has 3 nitrogen and oxygen atoms in total. The van der Waals surface area contributed by atoms with E-state index in [1.54, 1.807) is 11.3 Å². The van der Waals surface area contributed by atoms with E-state index >= 15 is 0 Å². The van der Waals surface area contributed by atoms with Crippen molar-refractivity contribution in [3.63, 3.8) is 0 Å². The molecular weight excluding hydrogens is 292 g/mol. The van der Waals surface area contributed by atoms with Crippen LogP contribution in [0.5, 0.6) is 5.75 Å². The Balaban J connectivity index is 1.83. The third-order valence-corrected chi connectivity index (χ3v) is 5.17. The topological polar surface area (TPSA) is 47.3 Å². The molecule has 1 atom stereocenters. The number of rotatable bonds is 5. The summed E-state index contributed by atoms with van der Waals surface area (Å²) in [6.45, 7) is 2.00. The van der Waals surface area contributed by atoms with Crippen molar-refractivity contribution in [2.75, 3.05) is 0 Å². The maximum Gasteiger partial charge on any atom is 0.119 e. The number of ether oxygens (including phenoxy) is 1. The molecule has 1 unspecified atom stereocenters. The van der Waals surface area contributed by atoms with Gasteiger partial charge in [0, 0.05) is 4.88 Å². The Kier molecular flexibility index (Phi) is 3.98. The lowest BCUT2D eigenvalue weighted by Crippen LogP contribution is -2.28. The Morgan fingerprint density at radius 3 is 2.55 bits per heavy atom. The molecule has 1 aromatic carbocycles. The van der Waals surface area contributed by atoms with Gasteiger partial charge >= 0.3 is 0 Å². The SMILES string of the molecule is Cc1csc(C(NN)c2ccc(OC3CC3)cc2)c1Cl. The molecule has 0 bridgehead atoms. The maximum atomic E-state index is 6.33. The van der Waals surface area contributed by atoms with Crippen LogP contribution in [0.15, 0.2) is 29.6 Å². The van der Waals surface area contributed by atoms with E-state index < -0.39 is 0 Å². The van der Waals surface area contributed by atoms with Gasteiger partial charge in [-0.15, -0.1) is 11.3 Å². The summed E-state index contributed by atoms with van der Waals surface area (Å²) in [6.07, 6.45) is 2.75. The van der Waals surface area contributed by atoms with Crippen LogP contribution in [0, 0.1) is 6.92 Å². The molecule has 106 valence electrons. The molecule has 3 N–H and O–H groups in total. The number of halogens is 1. The van der Waals surface area contributed by atoms with Gasteiger partial charge in [-0.25, -0.2) is 5.43 Å². The van der Waals surface area contributed by atoms with E-state index in [0.717, 1.165) is 26.8 Å². The van der Waals surface area contributed by atoms with Crippen LogP contribution in [0.2, 0.25) is 5.02 Å². The van der Waals surface area contributed by atoms with Gasteiger partial charge in [-0.3, -0.25) is 5.84 Å². The van der Waals surface area contributed by atoms with Crippen molar-refractivity contribution in [2.45, 2.75) is 31.9 Å². The number of thiophene rings is 1. The van der Waals surface area contributed by atoms with E-state index in [1.165, 1.54) is 12.8 Å². The van der Waals surface area contributed by atoms with Crippen LogP contribution in [-0.2, 0) is 0 Å². The van der Waals surface area contributed by atoms with Crippen molar-refractivity contribution in [3.8, 4) is 5.75 Å². The molecule has 0 aliphatic heterocycles. The predicted molar refractivity (Wildman–Crippen MR) is 83.3 cm³/mol. The zero-order chi connectivity index (χ0) is 14.1. The average Bonchev–Trinajstić information content (AvgIpc) is 3.22. The highest BCUT2D eigenvalue weighted by atomic mass is 35.5. The second kappa shape index (κ2) is 5.74. The first-order chi connectivity index (χ1) is 9.69. The number of hydrogen-bond acceptors (Lipinski definition) is 4. The van der Waals surface area contributed by atoms with Crippen LogP contribution in [0.25, 0.3) is 0 Å². The van der Waals surface area contributed by atoms with E-state index in [1.807, 2.05) is 36.6 Å². The highest BCUT2D eigenvalue weighted by Gasteiger charge is 2.24. The minimum absolute atomic E-state index is 0.0869. The minimum atomic E-state index is -0.0869. The average molecular weight is 309 g/mol. The zero-order valence-electron chi connectivity index (χ0n) is 11.2. The second-order valence-electron chi connectivity index (χ2n) is 5.08. The fraction of sp³-hybridized carbons (Fsp3) is 0.333.